The maximum atomic E-state index is 12.3. The molecule has 0 unspecified atom stereocenters. The zero-order valence-corrected chi connectivity index (χ0v) is 15.4. The molecule has 5 heteroatoms. The molecule has 0 atom stereocenters. The molecule has 5 nitrogen and oxygen atoms in total. The number of rotatable bonds is 8. The molecule has 3 N–H and O–H groups in total. The summed E-state index contributed by atoms with van der Waals surface area (Å²) in [5.41, 5.74) is 8.46. The quantitative estimate of drug-likeness (QED) is 0.635. The molecule has 2 amide bonds. The summed E-state index contributed by atoms with van der Waals surface area (Å²) in [6, 6.07) is 26.4. The number of carbonyl (C=O) groups excluding carboxylic acids is 2. The molecule has 0 fully saturated rings. The molecule has 0 aromatic heterocycles. The Morgan fingerprint density at radius 1 is 0.857 bits per heavy atom. The monoisotopic (exact) mass is 374 g/mol. The summed E-state index contributed by atoms with van der Waals surface area (Å²) in [6.07, 6.45) is -0.327. The number of amides is 2. The van der Waals surface area contributed by atoms with Crippen LogP contribution in [-0.4, -0.2) is 18.4 Å². The topological polar surface area (TPSA) is 81.4 Å². The van der Waals surface area contributed by atoms with E-state index in [1.165, 1.54) is 0 Å². The molecular weight excluding hydrogens is 352 g/mol. The van der Waals surface area contributed by atoms with Crippen molar-refractivity contribution in [3.63, 3.8) is 0 Å². The van der Waals surface area contributed by atoms with Gasteiger partial charge in [-0.15, -0.1) is 0 Å². The largest absolute Gasteiger partial charge is 0.366 e. The third kappa shape index (κ3) is 5.28. The second-order valence-electron chi connectivity index (χ2n) is 6.35. The molecular formula is C23H22N2O3. The molecule has 0 spiro atoms. The van der Waals surface area contributed by atoms with Crippen molar-refractivity contribution in [1.82, 2.24) is 5.32 Å². The molecule has 0 radical (unpaired) electrons. The molecule has 0 aliphatic heterocycles. The molecule has 0 aliphatic rings. The van der Waals surface area contributed by atoms with Crippen molar-refractivity contribution in [2.45, 2.75) is 12.6 Å². The smallest absolute Gasteiger partial charge is 0.248 e. The van der Waals surface area contributed by atoms with Crippen LogP contribution in [0.2, 0.25) is 0 Å². The van der Waals surface area contributed by atoms with Gasteiger partial charge in [0.1, 0.15) is 12.7 Å². The van der Waals surface area contributed by atoms with Crippen LogP contribution in [0.1, 0.15) is 33.2 Å². The number of hydrogen-bond acceptors (Lipinski definition) is 3. The van der Waals surface area contributed by atoms with Crippen LogP contribution in [0, 0.1) is 0 Å². The van der Waals surface area contributed by atoms with Gasteiger partial charge in [0.05, 0.1) is 0 Å². The number of carbonyl (C=O) groups is 2. The molecule has 142 valence electrons. The first-order valence-corrected chi connectivity index (χ1v) is 9.00. The Hall–Kier alpha value is -3.44. The Labute approximate surface area is 164 Å². The number of nitrogens with two attached hydrogens (primary N) is 1. The van der Waals surface area contributed by atoms with E-state index in [0.717, 1.165) is 16.7 Å². The number of hydrogen-bond donors (Lipinski definition) is 2. The van der Waals surface area contributed by atoms with Gasteiger partial charge in [-0.05, 0) is 28.8 Å². The molecule has 0 heterocycles. The molecule has 28 heavy (non-hydrogen) atoms. The molecule has 0 saturated carbocycles. The lowest BCUT2D eigenvalue weighted by Gasteiger charge is -2.19. The Morgan fingerprint density at radius 3 is 2.04 bits per heavy atom. The summed E-state index contributed by atoms with van der Waals surface area (Å²) in [7, 11) is 0. The normalized spacial score (nSPS) is 10.6. The van der Waals surface area contributed by atoms with E-state index in [9.17, 15) is 9.59 Å². The maximum absolute atomic E-state index is 12.3. The van der Waals surface area contributed by atoms with Gasteiger partial charge in [-0.2, -0.15) is 0 Å². The highest BCUT2D eigenvalue weighted by atomic mass is 16.5. The van der Waals surface area contributed by atoms with Crippen molar-refractivity contribution in [3.8, 4) is 0 Å². The van der Waals surface area contributed by atoms with Crippen LogP contribution in [0.25, 0.3) is 0 Å². The Kier molecular flexibility index (Phi) is 6.54. The molecule has 0 aliphatic carbocycles. The van der Waals surface area contributed by atoms with Gasteiger partial charge in [0.2, 0.25) is 11.8 Å². The van der Waals surface area contributed by atoms with Gasteiger partial charge < -0.3 is 15.8 Å². The van der Waals surface area contributed by atoms with E-state index in [0.29, 0.717) is 12.1 Å². The molecule has 0 saturated heterocycles. The SMILES string of the molecule is NC(=O)c1cccc(CNC(=O)COC(c2ccccc2)c2ccccc2)c1. The molecule has 0 bridgehead atoms. The Bertz CT molecular complexity index is 887. The number of primary amides is 1. The first kappa shape index (κ1) is 19.3. The fourth-order valence-electron chi connectivity index (χ4n) is 2.89. The van der Waals surface area contributed by atoms with E-state index in [1.807, 2.05) is 66.7 Å². The van der Waals surface area contributed by atoms with E-state index in [4.69, 9.17) is 10.5 Å². The van der Waals surface area contributed by atoms with Crippen molar-refractivity contribution in [3.05, 3.63) is 107 Å². The first-order chi connectivity index (χ1) is 13.6. The lowest BCUT2D eigenvalue weighted by Crippen LogP contribution is -2.28. The van der Waals surface area contributed by atoms with Crippen molar-refractivity contribution in [2.75, 3.05) is 6.61 Å². The lowest BCUT2D eigenvalue weighted by atomic mass is 10.0. The van der Waals surface area contributed by atoms with Gasteiger partial charge in [-0.25, -0.2) is 0 Å². The maximum Gasteiger partial charge on any atom is 0.248 e. The highest BCUT2D eigenvalue weighted by Crippen LogP contribution is 2.25. The second kappa shape index (κ2) is 9.48. The fourth-order valence-corrected chi connectivity index (χ4v) is 2.89. The summed E-state index contributed by atoms with van der Waals surface area (Å²) in [5, 5.41) is 2.81. The molecule has 3 aromatic carbocycles. The van der Waals surface area contributed by atoms with Crippen molar-refractivity contribution in [1.29, 1.82) is 0 Å². The van der Waals surface area contributed by atoms with E-state index >= 15 is 0 Å². The van der Waals surface area contributed by atoms with Crippen LogP contribution >= 0.6 is 0 Å². The summed E-state index contributed by atoms with van der Waals surface area (Å²) in [5.74, 6) is -0.730. The van der Waals surface area contributed by atoms with Gasteiger partial charge in [0, 0.05) is 12.1 Å². The molecule has 3 rings (SSSR count). The standard InChI is InChI=1S/C23H22N2O3/c24-23(27)20-13-7-8-17(14-20)15-25-21(26)16-28-22(18-9-3-1-4-10-18)19-11-5-2-6-12-19/h1-14,22H,15-16H2,(H2,24,27)(H,25,26). The van der Waals surface area contributed by atoms with Crippen LogP contribution < -0.4 is 11.1 Å². The number of benzene rings is 3. The zero-order chi connectivity index (χ0) is 19.8. The van der Waals surface area contributed by atoms with Gasteiger partial charge in [0.15, 0.2) is 0 Å². The van der Waals surface area contributed by atoms with Gasteiger partial charge in [-0.3, -0.25) is 9.59 Å². The van der Waals surface area contributed by atoms with Crippen LogP contribution in [0.3, 0.4) is 0 Å². The van der Waals surface area contributed by atoms with E-state index < -0.39 is 5.91 Å². The summed E-state index contributed by atoms with van der Waals surface area (Å²) >= 11 is 0. The van der Waals surface area contributed by atoms with E-state index in [1.54, 1.807) is 18.2 Å². The minimum Gasteiger partial charge on any atom is -0.366 e. The highest BCUT2D eigenvalue weighted by Gasteiger charge is 2.16. The fraction of sp³-hybridized carbons (Fsp3) is 0.130. The van der Waals surface area contributed by atoms with Crippen molar-refractivity contribution >= 4 is 11.8 Å². The third-order valence-corrected chi connectivity index (χ3v) is 4.29. The van der Waals surface area contributed by atoms with Crippen LogP contribution in [0.5, 0.6) is 0 Å². The minimum atomic E-state index is -0.495. The Morgan fingerprint density at radius 2 is 1.46 bits per heavy atom. The third-order valence-electron chi connectivity index (χ3n) is 4.29. The zero-order valence-electron chi connectivity index (χ0n) is 15.4. The van der Waals surface area contributed by atoms with Crippen molar-refractivity contribution in [2.24, 2.45) is 5.73 Å². The predicted octanol–water partition coefficient (Wildman–Crippen LogP) is 3.21. The summed E-state index contributed by atoms with van der Waals surface area (Å²) in [6.45, 7) is 0.217. The van der Waals surface area contributed by atoms with E-state index in [2.05, 4.69) is 5.32 Å². The summed E-state index contributed by atoms with van der Waals surface area (Å²) < 4.78 is 5.94. The van der Waals surface area contributed by atoms with E-state index in [-0.39, 0.29) is 18.6 Å². The minimum absolute atomic E-state index is 0.0794. The molecule has 3 aromatic rings. The van der Waals surface area contributed by atoms with Crippen LogP contribution in [-0.2, 0) is 16.1 Å². The predicted molar refractivity (Wildman–Crippen MR) is 107 cm³/mol. The van der Waals surface area contributed by atoms with Gasteiger partial charge in [-0.1, -0.05) is 72.8 Å². The summed E-state index contributed by atoms with van der Waals surface area (Å²) in [4.78, 5) is 23.5. The van der Waals surface area contributed by atoms with Crippen LogP contribution in [0.4, 0.5) is 0 Å². The van der Waals surface area contributed by atoms with Gasteiger partial charge in [0.25, 0.3) is 0 Å². The highest BCUT2D eigenvalue weighted by molar-refractivity contribution is 5.92. The number of ether oxygens (including phenoxy) is 1. The van der Waals surface area contributed by atoms with Gasteiger partial charge >= 0.3 is 0 Å². The lowest BCUT2D eigenvalue weighted by molar-refractivity contribution is -0.127. The number of nitrogens with one attached hydrogen (secondary N) is 1. The Balaban J connectivity index is 1.61. The van der Waals surface area contributed by atoms with Crippen LogP contribution in [0.15, 0.2) is 84.9 Å². The first-order valence-electron chi connectivity index (χ1n) is 9.00. The second-order valence-corrected chi connectivity index (χ2v) is 6.35. The average molecular weight is 374 g/mol. The van der Waals surface area contributed by atoms with Crippen molar-refractivity contribution < 1.29 is 14.3 Å². The average Bonchev–Trinajstić information content (AvgIpc) is 2.74.